The smallest absolute Gasteiger partial charge is 0.306 e. The molecule has 1 atom stereocenters. The topological polar surface area (TPSA) is 40.5 Å². The van der Waals surface area contributed by atoms with Crippen LogP contribution in [0.15, 0.2) is 36.4 Å². The van der Waals surface area contributed by atoms with E-state index in [9.17, 15) is 4.79 Å². The number of hydrogen-bond donors (Lipinski definition) is 1. The van der Waals surface area contributed by atoms with Gasteiger partial charge in [0.2, 0.25) is 0 Å². The Hall–Kier alpha value is -1.99. The predicted octanol–water partition coefficient (Wildman–Crippen LogP) is 5.18. The molecular weight excluding hydrogens is 405 g/mol. The van der Waals surface area contributed by atoms with Crippen molar-refractivity contribution in [2.75, 3.05) is 13.1 Å². The summed E-state index contributed by atoms with van der Waals surface area (Å²) in [4.78, 5) is 13.6. The molecule has 3 nitrogen and oxygen atoms in total. The molecule has 1 aliphatic heterocycles. The molecule has 2 aromatic carbocycles. The Morgan fingerprint density at radius 3 is 2.52 bits per heavy atom. The van der Waals surface area contributed by atoms with E-state index in [0.29, 0.717) is 21.7 Å². The zero-order valence-corrected chi connectivity index (χ0v) is 17.4. The van der Waals surface area contributed by atoms with Gasteiger partial charge in [0.1, 0.15) is 0 Å². The first kappa shape index (κ1) is 19.0. The van der Waals surface area contributed by atoms with Crippen LogP contribution in [0, 0.1) is 23.2 Å². The standard InChI is InChI=1S/C24H21Cl2NO2/c25-20-2-1-3-21(26)19(20)8-5-15-4-7-18-16(10-15)6-9-22(18)27-13-24(14-27)11-17(12-24)23(28)29/h1-4,7,10,17,22H,6,9,11-14H2,(H,28,29). The highest BCUT2D eigenvalue weighted by molar-refractivity contribution is 6.36. The Labute approximate surface area is 180 Å². The van der Waals surface area contributed by atoms with Crippen LogP contribution in [0.1, 0.15) is 47.6 Å². The van der Waals surface area contributed by atoms with Crippen molar-refractivity contribution in [2.24, 2.45) is 11.3 Å². The minimum Gasteiger partial charge on any atom is -0.481 e. The van der Waals surface area contributed by atoms with Crippen LogP contribution < -0.4 is 0 Å². The third kappa shape index (κ3) is 3.34. The van der Waals surface area contributed by atoms with Gasteiger partial charge in [0.15, 0.2) is 0 Å². The van der Waals surface area contributed by atoms with Gasteiger partial charge in [0.05, 0.1) is 21.5 Å². The number of likely N-dealkylation sites (tertiary alicyclic amines) is 1. The number of benzene rings is 2. The maximum absolute atomic E-state index is 11.1. The first-order valence-corrected chi connectivity index (χ1v) is 10.8. The van der Waals surface area contributed by atoms with Crippen LogP contribution in [-0.2, 0) is 11.2 Å². The predicted molar refractivity (Wildman–Crippen MR) is 114 cm³/mol. The van der Waals surface area contributed by atoms with Crippen LogP contribution >= 0.6 is 23.2 Å². The van der Waals surface area contributed by atoms with Gasteiger partial charge in [-0.05, 0) is 66.5 Å². The lowest BCUT2D eigenvalue weighted by molar-refractivity contribution is -0.164. The summed E-state index contributed by atoms with van der Waals surface area (Å²) in [5.74, 6) is 5.56. The number of aliphatic carboxylic acids is 1. The average Bonchev–Trinajstić information content (AvgIpc) is 3.02. The quantitative estimate of drug-likeness (QED) is 0.673. The molecule has 2 aliphatic carbocycles. The van der Waals surface area contributed by atoms with Crippen LogP contribution in [0.3, 0.4) is 0 Å². The summed E-state index contributed by atoms with van der Waals surface area (Å²) in [5, 5.41) is 10.3. The fourth-order valence-corrected chi connectivity index (χ4v) is 5.75. The molecule has 5 heteroatoms. The van der Waals surface area contributed by atoms with Crippen molar-refractivity contribution in [2.45, 2.75) is 31.7 Å². The van der Waals surface area contributed by atoms with Crippen molar-refractivity contribution in [3.8, 4) is 11.8 Å². The zero-order chi connectivity index (χ0) is 20.2. The summed E-state index contributed by atoms with van der Waals surface area (Å²) in [6, 6.07) is 12.3. The van der Waals surface area contributed by atoms with Gasteiger partial charge in [-0.1, -0.05) is 47.2 Å². The minimum absolute atomic E-state index is 0.124. The van der Waals surface area contributed by atoms with E-state index in [1.54, 1.807) is 12.1 Å². The number of hydrogen-bond acceptors (Lipinski definition) is 2. The SMILES string of the molecule is O=C(O)C1CC2(C1)CN(C1CCc3cc(C#Cc4c(Cl)cccc4Cl)ccc31)C2. The molecule has 3 aliphatic rings. The number of carboxylic acid groups (broad SMARTS) is 1. The molecule has 0 bridgehead atoms. The van der Waals surface area contributed by atoms with E-state index in [4.69, 9.17) is 28.3 Å². The van der Waals surface area contributed by atoms with E-state index >= 15 is 0 Å². The van der Waals surface area contributed by atoms with Gasteiger partial charge in [0.25, 0.3) is 0 Å². The molecule has 0 radical (unpaired) electrons. The first-order valence-electron chi connectivity index (χ1n) is 10.00. The van der Waals surface area contributed by atoms with Crippen LogP contribution in [0.2, 0.25) is 10.0 Å². The highest BCUT2D eigenvalue weighted by atomic mass is 35.5. The second kappa shape index (κ2) is 7.06. The van der Waals surface area contributed by atoms with Crippen molar-refractivity contribution < 1.29 is 9.90 Å². The third-order valence-electron chi connectivity index (χ3n) is 6.71. The lowest BCUT2D eigenvalue weighted by atomic mass is 9.57. The maximum Gasteiger partial charge on any atom is 0.306 e. The van der Waals surface area contributed by atoms with Crippen LogP contribution in [-0.4, -0.2) is 29.1 Å². The summed E-state index contributed by atoms with van der Waals surface area (Å²) in [7, 11) is 0. The largest absolute Gasteiger partial charge is 0.481 e. The van der Waals surface area contributed by atoms with Crippen molar-refractivity contribution in [1.82, 2.24) is 4.90 Å². The maximum atomic E-state index is 11.1. The summed E-state index contributed by atoms with van der Waals surface area (Å²) in [5.41, 5.74) is 4.68. The second-order valence-corrected chi connectivity index (χ2v) is 9.48. The normalized spacial score (nSPS) is 22.3. The molecule has 148 valence electrons. The van der Waals surface area contributed by atoms with E-state index in [-0.39, 0.29) is 11.3 Å². The van der Waals surface area contributed by atoms with E-state index in [1.165, 1.54) is 11.1 Å². The number of nitrogens with zero attached hydrogens (tertiary/aromatic N) is 1. The number of aryl methyl sites for hydroxylation is 1. The van der Waals surface area contributed by atoms with E-state index in [0.717, 1.165) is 44.3 Å². The lowest BCUT2D eigenvalue weighted by Crippen LogP contribution is -2.63. The Balaban J connectivity index is 1.28. The summed E-state index contributed by atoms with van der Waals surface area (Å²) >= 11 is 12.4. The second-order valence-electron chi connectivity index (χ2n) is 8.66. The Morgan fingerprint density at radius 2 is 1.83 bits per heavy atom. The van der Waals surface area contributed by atoms with Gasteiger partial charge in [-0.3, -0.25) is 9.69 Å². The average molecular weight is 426 g/mol. The molecule has 0 aromatic heterocycles. The van der Waals surface area contributed by atoms with Crippen LogP contribution in [0.5, 0.6) is 0 Å². The molecule has 5 rings (SSSR count). The molecule has 29 heavy (non-hydrogen) atoms. The minimum atomic E-state index is -0.632. The molecule has 2 aromatic rings. The number of halogens is 2. The highest BCUT2D eigenvalue weighted by Crippen LogP contribution is 2.55. The first-order chi connectivity index (χ1) is 13.9. The summed E-state index contributed by atoms with van der Waals surface area (Å²) < 4.78 is 0. The van der Waals surface area contributed by atoms with Crippen LogP contribution in [0.4, 0.5) is 0 Å². The molecule has 1 saturated heterocycles. The Morgan fingerprint density at radius 1 is 1.10 bits per heavy atom. The third-order valence-corrected chi connectivity index (χ3v) is 7.34. The lowest BCUT2D eigenvalue weighted by Gasteiger charge is -2.60. The van der Waals surface area contributed by atoms with Gasteiger partial charge >= 0.3 is 5.97 Å². The van der Waals surface area contributed by atoms with Gasteiger partial charge in [0, 0.05) is 24.7 Å². The summed E-state index contributed by atoms with van der Waals surface area (Å²) in [6.45, 7) is 2.07. The van der Waals surface area contributed by atoms with E-state index < -0.39 is 5.97 Å². The number of carbonyl (C=O) groups is 1. The molecule has 1 heterocycles. The van der Waals surface area contributed by atoms with E-state index in [1.807, 2.05) is 6.07 Å². The monoisotopic (exact) mass is 425 g/mol. The van der Waals surface area contributed by atoms with Crippen molar-refractivity contribution in [3.63, 3.8) is 0 Å². The molecular formula is C24H21Cl2NO2. The molecule has 0 amide bonds. The molecule has 1 unspecified atom stereocenters. The zero-order valence-electron chi connectivity index (χ0n) is 15.9. The van der Waals surface area contributed by atoms with Crippen molar-refractivity contribution >= 4 is 29.2 Å². The van der Waals surface area contributed by atoms with Gasteiger partial charge in [-0.25, -0.2) is 0 Å². The van der Waals surface area contributed by atoms with Gasteiger partial charge in [-0.15, -0.1) is 0 Å². The molecule has 2 fully saturated rings. The Bertz CT molecular complexity index is 1030. The number of rotatable bonds is 2. The summed E-state index contributed by atoms with van der Waals surface area (Å²) in [6.07, 6.45) is 3.87. The number of carboxylic acids is 1. The fourth-order valence-electron chi connectivity index (χ4n) is 5.26. The van der Waals surface area contributed by atoms with Crippen molar-refractivity contribution in [3.05, 3.63) is 68.7 Å². The number of fused-ring (bicyclic) bond motifs is 1. The fraction of sp³-hybridized carbons (Fsp3) is 0.375. The molecule has 1 N–H and O–H groups in total. The van der Waals surface area contributed by atoms with Gasteiger partial charge < -0.3 is 5.11 Å². The van der Waals surface area contributed by atoms with Crippen LogP contribution in [0.25, 0.3) is 0 Å². The Kier molecular flexibility index (Phi) is 4.62. The van der Waals surface area contributed by atoms with Crippen molar-refractivity contribution in [1.29, 1.82) is 0 Å². The van der Waals surface area contributed by atoms with E-state index in [2.05, 4.69) is 34.9 Å². The highest BCUT2D eigenvalue weighted by Gasteiger charge is 2.56. The molecule has 1 saturated carbocycles. The van der Waals surface area contributed by atoms with Gasteiger partial charge in [-0.2, -0.15) is 0 Å². The molecule has 1 spiro atoms.